The first kappa shape index (κ1) is 30.9. The van der Waals surface area contributed by atoms with E-state index in [2.05, 4.69) is 27.7 Å². The first-order valence-corrected chi connectivity index (χ1v) is 15.3. The molecule has 7 nitrogen and oxygen atoms in total. The van der Waals surface area contributed by atoms with Gasteiger partial charge in [0, 0.05) is 58.4 Å². The fourth-order valence-corrected chi connectivity index (χ4v) is 6.91. The van der Waals surface area contributed by atoms with Crippen LogP contribution in [0.1, 0.15) is 83.8 Å². The van der Waals surface area contributed by atoms with Crippen LogP contribution in [0.3, 0.4) is 0 Å². The molecule has 0 atom stereocenters. The maximum atomic E-state index is 14.0. The maximum absolute atomic E-state index is 14.0. The summed E-state index contributed by atoms with van der Waals surface area (Å²) in [4.78, 5) is 41.7. The summed E-state index contributed by atoms with van der Waals surface area (Å²) in [7, 11) is 0. The minimum absolute atomic E-state index is 0.00207. The van der Waals surface area contributed by atoms with E-state index in [1.165, 1.54) is 0 Å². The van der Waals surface area contributed by atoms with Crippen LogP contribution in [0.25, 0.3) is 0 Å². The molecule has 0 saturated heterocycles. The van der Waals surface area contributed by atoms with Crippen molar-refractivity contribution in [3.63, 3.8) is 0 Å². The Morgan fingerprint density at radius 3 is 2.07 bits per heavy atom. The number of rotatable bonds is 9. The minimum atomic E-state index is -0.914. The fourth-order valence-electron chi connectivity index (χ4n) is 6.72. The normalized spacial score (nSPS) is 19.7. The number of nitrogens with zero attached hydrogens (tertiary/aromatic N) is 1. The standard InChI is InChI=1S/C35H40ClNO6/c1-6-42-29-15-21(11-12-28(29)43-20-22-9-7-8-10-23(22)36)31-32-24(16-34(2,3)18-26(32)38)37(14-13-30(40)41)25-17-35(4,5)19-27(39)33(25)31/h7-12,15,31H,6,13-14,16-20H2,1-5H3,(H,40,41). The molecule has 5 rings (SSSR count). The van der Waals surface area contributed by atoms with E-state index in [1.54, 1.807) is 0 Å². The number of hydrogen-bond acceptors (Lipinski definition) is 6. The number of hydrogen-bond donors (Lipinski definition) is 1. The van der Waals surface area contributed by atoms with Crippen molar-refractivity contribution in [3.8, 4) is 11.5 Å². The highest BCUT2D eigenvalue weighted by Gasteiger charge is 2.49. The lowest BCUT2D eigenvalue weighted by atomic mass is 9.63. The smallest absolute Gasteiger partial charge is 0.305 e. The Hall–Kier alpha value is -3.58. The molecular weight excluding hydrogens is 566 g/mol. The van der Waals surface area contributed by atoms with E-state index in [0.29, 0.717) is 60.0 Å². The molecule has 2 aliphatic carbocycles. The Balaban J connectivity index is 1.64. The number of ether oxygens (including phenoxy) is 2. The number of allylic oxidation sites excluding steroid dienone is 4. The zero-order valence-electron chi connectivity index (χ0n) is 25.6. The molecule has 43 heavy (non-hydrogen) atoms. The lowest BCUT2D eigenvalue weighted by molar-refractivity contribution is -0.137. The molecule has 0 spiro atoms. The summed E-state index contributed by atoms with van der Waals surface area (Å²) in [5.74, 6) is -0.412. The number of carboxylic acids is 1. The molecule has 1 aliphatic heterocycles. The lowest BCUT2D eigenvalue weighted by Gasteiger charge is -2.49. The number of aliphatic carboxylic acids is 1. The van der Waals surface area contributed by atoms with E-state index in [9.17, 15) is 19.5 Å². The molecule has 228 valence electrons. The van der Waals surface area contributed by atoms with Crippen LogP contribution in [0.5, 0.6) is 11.5 Å². The maximum Gasteiger partial charge on any atom is 0.305 e. The van der Waals surface area contributed by atoms with Crippen LogP contribution in [-0.2, 0) is 21.0 Å². The highest BCUT2D eigenvalue weighted by Crippen LogP contribution is 2.55. The van der Waals surface area contributed by atoms with Crippen molar-refractivity contribution in [2.45, 2.75) is 79.2 Å². The fraction of sp³-hybridized carbons (Fsp3) is 0.457. The quantitative estimate of drug-likeness (QED) is 0.317. The summed E-state index contributed by atoms with van der Waals surface area (Å²) in [5.41, 5.74) is 3.93. The van der Waals surface area contributed by atoms with Gasteiger partial charge in [0.1, 0.15) is 6.61 Å². The van der Waals surface area contributed by atoms with Gasteiger partial charge in [0.15, 0.2) is 23.1 Å². The second kappa shape index (κ2) is 11.8. The van der Waals surface area contributed by atoms with Gasteiger partial charge in [-0.25, -0.2) is 0 Å². The molecule has 3 aliphatic rings. The van der Waals surface area contributed by atoms with Crippen molar-refractivity contribution in [1.82, 2.24) is 4.90 Å². The van der Waals surface area contributed by atoms with Crippen LogP contribution in [0, 0.1) is 10.8 Å². The van der Waals surface area contributed by atoms with Crippen molar-refractivity contribution in [2.24, 2.45) is 10.8 Å². The molecule has 0 amide bonds. The summed E-state index contributed by atoms with van der Waals surface area (Å²) >= 11 is 6.35. The Morgan fingerprint density at radius 2 is 1.51 bits per heavy atom. The first-order valence-electron chi connectivity index (χ1n) is 14.9. The molecule has 1 N–H and O–H groups in total. The Morgan fingerprint density at radius 1 is 0.907 bits per heavy atom. The number of carboxylic acid groups (broad SMARTS) is 1. The van der Waals surface area contributed by atoms with Crippen LogP contribution in [0.4, 0.5) is 0 Å². The Kier molecular flexibility index (Phi) is 8.50. The van der Waals surface area contributed by atoms with E-state index in [4.69, 9.17) is 21.1 Å². The van der Waals surface area contributed by atoms with E-state index in [-0.39, 0.29) is 42.0 Å². The Bertz CT molecular complexity index is 1480. The van der Waals surface area contributed by atoms with Crippen molar-refractivity contribution in [1.29, 1.82) is 0 Å². The average molecular weight is 606 g/mol. The van der Waals surface area contributed by atoms with Gasteiger partial charge in [-0.2, -0.15) is 0 Å². The highest BCUT2D eigenvalue weighted by atomic mass is 35.5. The summed E-state index contributed by atoms with van der Waals surface area (Å²) in [6, 6.07) is 13.1. The summed E-state index contributed by atoms with van der Waals surface area (Å²) < 4.78 is 12.2. The predicted octanol–water partition coefficient (Wildman–Crippen LogP) is 7.48. The predicted molar refractivity (Wildman–Crippen MR) is 165 cm³/mol. The third-order valence-electron chi connectivity index (χ3n) is 8.51. The van der Waals surface area contributed by atoms with Crippen LogP contribution in [0.2, 0.25) is 5.02 Å². The minimum Gasteiger partial charge on any atom is -0.490 e. The van der Waals surface area contributed by atoms with Gasteiger partial charge in [-0.15, -0.1) is 0 Å². The van der Waals surface area contributed by atoms with Crippen molar-refractivity contribution >= 4 is 29.1 Å². The molecule has 8 heteroatoms. The van der Waals surface area contributed by atoms with Gasteiger partial charge in [0.25, 0.3) is 0 Å². The van der Waals surface area contributed by atoms with Gasteiger partial charge in [-0.05, 0) is 54.4 Å². The molecule has 0 saturated carbocycles. The molecule has 0 bridgehead atoms. The van der Waals surface area contributed by atoms with Gasteiger partial charge < -0.3 is 19.5 Å². The monoisotopic (exact) mass is 605 g/mol. The van der Waals surface area contributed by atoms with E-state index in [1.807, 2.05) is 54.3 Å². The second-order valence-corrected chi connectivity index (χ2v) is 13.8. The number of benzene rings is 2. The zero-order valence-corrected chi connectivity index (χ0v) is 26.3. The van der Waals surface area contributed by atoms with Gasteiger partial charge in [-0.1, -0.05) is 63.6 Å². The van der Waals surface area contributed by atoms with Crippen LogP contribution in [-0.4, -0.2) is 40.7 Å². The molecular formula is C35H40ClNO6. The van der Waals surface area contributed by atoms with Crippen LogP contribution in [0.15, 0.2) is 65.0 Å². The number of carbonyl (C=O) groups is 3. The molecule has 2 aromatic carbocycles. The second-order valence-electron chi connectivity index (χ2n) is 13.4. The highest BCUT2D eigenvalue weighted by molar-refractivity contribution is 6.31. The van der Waals surface area contributed by atoms with Gasteiger partial charge in [0.2, 0.25) is 0 Å². The lowest BCUT2D eigenvalue weighted by Crippen LogP contribution is -2.45. The SMILES string of the molecule is CCOc1cc(C2C3=C(CC(C)(C)CC3=O)N(CCC(=O)O)C3=C2C(=O)CC(C)(C)C3)ccc1OCc1ccccc1Cl. The Labute approximate surface area is 258 Å². The van der Waals surface area contributed by atoms with Gasteiger partial charge >= 0.3 is 5.97 Å². The van der Waals surface area contributed by atoms with Crippen molar-refractivity contribution < 1.29 is 29.0 Å². The topological polar surface area (TPSA) is 93.1 Å². The third-order valence-corrected chi connectivity index (χ3v) is 8.88. The number of ketones is 2. The van der Waals surface area contributed by atoms with Gasteiger partial charge in [-0.3, -0.25) is 14.4 Å². The van der Waals surface area contributed by atoms with Crippen LogP contribution >= 0.6 is 11.6 Å². The number of halogens is 1. The molecule has 1 heterocycles. The average Bonchev–Trinajstić information content (AvgIpc) is 2.90. The molecule has 0 aromatic heterocycles. The molecule has 0 radical (unpaired) electrons. The first-order chi connectivity index (χ1) is 20.3. The molecule has 2 aromatic rings. The molecule has 0 fully saturated rings. The summed E-state index contributed by atoms with van der Waals surface area (Å²) in [6.45, 7) is 11.0. The van der Waals surface area contributed by atoms with Gasteiger partial charge in [0.05, 0.1) is 13.0 Å². The summed E-state index contributed by atoms with van der Waals surface area (Å²) in [5, 5.41) is 10.2. The molecule has 0 unspecified atom stereocenters. The number of Topliss-reactive ketones (excluding diaryl/α,β-unsaturated/α-hetero) is 2. The van der Waals surface area contributed by atoms with E-state index >= 15 is 0 Å². The van der Waals surface area contributed by atoms with Crippen LogP contribution < -0.4 is 9.47 Å². The number of carbonyl (C=O) groups excluding carboxylic acids is 2. The van der Waals surface area contributed by atoms with Crippen molar-refractivity contribution in [2.75, 3.05) is 13.2 Å². The van der Waals surface area contributed by atoms with E-state index in [0.717, 1.165) is 22.5 Å². The summed E-state index contributed by atoms with van der Waals surface area (Å²) in [6.07, 6.45) is 1.86. The largest absolute Gasteiger partial charge is 0.490 e. The van der Waals surface area contributed by atoms with E-state index < -0.39 is 11.9 Å². The third kappa shape index (κ3) is 6.37. The zero-order chi connectivity index (χ0) is 31.1. The van der Waals surface area contributed by atoms with Crippen molar-refractivity contribution in [3.05, 3.63) is 81.2 Å².